The molecule has 0 aromatic carbocycles. The van der Waals surface area contributed by atoms with Gasteiger partial charge in [-0.25, -0.2) is 0 Å². The first-order valence-corrected chi connectivity index (χ1v) is 5.07. The molecule has 0 amide bonds. The molecule has 2 aromatic rings. The van der Waals surface area contributed by atoms with Crippen molar-refractivity contribution in [2.75, 3.05) is 0 Å². The standard InChI is InChI=1S/C11H11NS/c1-8-3-5-10(12-7-8)11-6-4-9(2)13-11/h3-7H,1-2H3. The van der Waals surface area contributed by atoms with Crippen LogP contribution in [0.25, 0.3) is 10.6 Å². The Kier molecular flexibility index (Phi) is 2.15. The number of pyridine rings is 1. The average Bonchev–Trinajstić information content (AvgIpc) is 2.53. The van der Waals surface area contributed by atoms with Gasteiger partial charge in [-0.2, -0.15) is 0 Å². The summed E-state index contributed by atoms with van der Waals surface area (Å²) >= 11 is 1.78. The van der Waals surface area contributed by atoms with Crippen LogP contribution in [-0.2, 0) is 0 Å². The van der Waals surface area contributed by atoms with Crippen LogP contribution in [0.5, 0.6) is 0 Å². The third kappa shape index (κ3) is 1.78. The third-order valence-electron chi connectivity index (χ3n) is 1.90. The smallest absolute Gasteiger partial charge is 0.0801 e. The molecule has 2 heteroatoms. The van der Waals surface area contributed by atoms with E-state index >= 15 is 0 Å². The van der Waals surface area contributed by atoms with Gasteiger partial charge in [0.25, 0.3) is 0 Å². The number of aromatic nitrogens is 1. The lowest BCUT2D eigenvalue weighted by Gasteiger charge is -1.95. The van der Waals surface area contributed by atoms with E-state index < -0.39 is 0 Å². The summed E-state index contributed by atoms with van der Waals surface area (Å²) in [5.41, 5.74) is 2.28. The Bertz CT molecular complexity index is 400. The molecule has 0 radical (unpaired) electrons. The molecule has 0 unspecified atom stereocenters. The summed E-state index contributed by atoms with van der Waals surface area (Å²) in [6.07, 6.45) is 1.91. The molecule has 2 heterocycles. The maximum Gasteiger partial charge on any atom is 0.0801 e. The molecule has 0 aliphatic heterocycles. The van der Waals surface area contributed by atoms with Gasteiger partial charge >= 0.3 is 0 Å². The lowest BCUT2D eigenvalue weighted by molar-refractivity contribution is 1.28. The van der Waals surface area contributed by atoms with Crippen molar-refractivity contribution in [1.29, 1.82) is 0 Å². The molecule has 66 valence electrons. The first kappa shape index (κ1) is 8.45. The summed E-state index contributed by atoms with van der Waals surface area (Å²) in [5.74, 6) is 0. The predicted octanol–water partition coefficient (Wildman–Crippen LogP) is 3.43. The van der Waals surface area contributed by atoms with E-state index in [2.05, 4.69) is 43.1 Å². The molecule has 0 atom stereocenters. The van der Waals surface area contributed by atoms with E-state index in [0.29, 0.717) is 0 Å². The van der Waals surface area contributed by atoms with Gasteiger partial charge in [-0.3, -0.25) is 4.98 Å². The van der Waals surface area contributed by atoms with Crippen LogP contribution in [-0.4, -0.2) is 4.98 Å². The molecule has 0 saturated carbocycles. The second-order valence-corrected chi connectivity index (χ2v) is 4.42. The highest BCUT2D eigenvalue weighted by Crippen LogP contribution is 2.25. The molecule has 0 aliphatic carbocycles. The first-order chi connectivity index (χ1) is 6.25. The van der Waals surface area contributed by atoms with Gasteiger partial charge in [0.15, 0.2) is 0 Å². The fourth-order valence-electron chi connectivity index (χ4n) is 1.19. The zero-order chi connectivity index (χ0) is 9.26. The molecular weight excluding hydrogens is 178 g/mol. The van der Waals surface area contributed by atoms with Gasteiger partial charge in [0.1, 0.15) is 0 Å². The highest BCUT2D eigenvalue weighted by molar-refractivity contribution is 7.15. The van der Waals surface area contributed by atoms with Gasteiger partial charge in [-0.15, -0.1) is 11.3 Å². The Hall–Kier alpha value is -1.15. The van der Waals surface area contributed by atoms with Crippen molar-refractivity contribution in [3.05, 3.63) is 40.9 Å². The van der Waals surface area contributed by atoms with Crippen molar-refractivity contribution in [3.8, 4) is 10.6 Å². The van der Waals surface area contributed by atoms with Crippen LogP contribution in [0, 0.1) is 13.8 Å². The molecule has 1 nitrogen and oxygen atoms in total. The lowest BCUT2D eigenvalue weighted by Crippen LogP contribution is -1.79. The fourth-order valence-corrected chi connectivity index (χ4v) is 2.03. The van der Waals surface area contributed by atoms with Crippen LogP contribution < -0.4 is 0 Å². The van der Waals surface area contributed by atoms with Crippen LogP contribution in [0.3, 0.4) is 0 Å². The normalized spacial score (nSPS) is 10.3. The molecule has 0 N–H and O–H groups in total. The lowest BCUT2D eigenvalue weighted by atomic mass is 10.2. The monoisotopic (exact) mass is 189 g/mol. The van der Waals surface area contributed by atoms with Gasteiger partial charge < -0.3 is 0 Å². The Morgan fingerprint density at radius 1 is 1.08 bits per heavy atom. The SMILES string of the molecule is Cc1ccc(-c2ccc(C)s2)nc1. The van der Waals surface area contributed by atoms with Gasteiger partial charge in [-0.05, 0) is 37.6 Å². The van der Waals surface area contributed by atoms with E-state index in [1.54, 1.807) is 11.3 Å². The highest BCUT2D eigenvalue weighted by Gasteiger charge is 2.00. The number of rotatable bonds is 1. The van der Waals surface area contributed by atoms with Crippen molar-refractivity contribution in [2.24, 2.45) is 0 Å². The maximum atomic E-state index is 4.37. The minimum Gasteiger partial charge on any atom is -0.255 e. The molecule has 0 saturated heterocycles. The fraction of sp³-hybridized carbons (Fsp3) is 0.182. The third-order valence-corrected chi connectivity index (χ3v) is 2.93. The van der Waals surface area contributed by atoms with Gasteiger partial charge in [0, 0.05) is 11.1 Å². The molecule has 0 aliphatic rings. The van der Waals surface area contributed by atoms with Crippen molar-refractivity contribution >= 4 is 11.3 Å². The average molecular weight is 189 g/mol. The van der Waals surface area contributed by atoms with E-state index in [9.17, 15) is 0 Å². The van der Waals surface area contributed by atoms with E-state index in [-0.39, 0.29) is 0 Å². The van der Waals surface area contributed by atoms with Gasteiger partial charge in [0.05, 0.1) is 10.6 Å². The van der Waals surface area contributed by atoms with Crippen LogP contribution in [0.1, 0.15) is 10.4 Å². The van der Waals surface area contributed by atoms with Crippen molar-refractivity contribution in [3.63, 3.8) is 0 Å². The van der Waals surface area contributed by atoms with Crippen molar-refractivity contribution < 1.29 is 0 Å². The highest BCUT2D eigenvalue weighted by atomic mass is 32.1. The Morgan fingerprint density at radius 3 is 2.46 bits per heavy atom. The molecule has 0 bridgehead atoms. The van der Waals surface area contributed by atoms with Crippen molar-refractivity contribution in [1.82, 2.24) is 4.98 Å². The maximum absolute atomic E-state index is 4.37. The number of hydrogen-bond acceptors (Lipinski definition) is 2. The number of hydrogen-bond donors (Lipinski definition) is 0. The topological polar surface area (TPSA) is 12.9 Å². The zero-order valence-electron chi connectivity index (χ0n) is 7.74. The van der Waals surface area contributed by atoms with E-state index in [4.69, 9.17) is 0 Å². The number of thiophene rings is 1. The molecule has 13 heavy (non-hydrogen) atoms. The Balaban J connectivity index is 2.41. The van der Waals surface area contributed by atoms with Crippen molar-refractivity contribution in [2.45, 2.75) is 13.8 Å². The van der Waals surface area contributed by atoms with Gasteiger partial charge in [-0.1, -0.05) is 6.07 Å². The molecular formula is C11H11NS. The summed E-state index contributed by atoms with van der Waals surface area (Å²) < 4.78 is 0. The van der Waals surface area contributed by atoms with Crippen LogP contribution in [0.15, 0.2) is 30.5 Å². The van der Waals surface area contributed by atoms with E-state index in [1.807, 2.05) is 6.20 Å². The Morgan fingerprint density at radius 2 is 1.92 bits per heavy atom. The zero-order valence-corrected chi connectivity index (χ0v) is 8.56. The number of nitrogens with zero attached hydrogens (tertiary/aromatic N) is 1. The minimum absolute atomic E-state index is 1.07. The van der Waals surface area contributed by atoms with E-state index in [0.717, 1.165) is 5.69 Å². The van der Waals surface area contributed by atoms with E-state index in [1.165, 1.54) is 15.3 Å². The second-order valence-electron chi connectivity index (χ2n) is 3.13. The predicted molar refractivity (Wildman–Crippen MR) is 57.0 cm³/mol. The summed E-state index contributed by atoms with van der Waals surface area (Å²) in [7, 11) is 0. The molecule has 0 fully saturated rings. The summed E-state index contributed by atoms with van der Waals surface area (Å²) in [6.45, 7) is 4.17. The second kappa shape index (κ2) is 3.30. The summed E-state index contributed by atoms with van der Waals surface area (Å²) in [4.78, 5) is 6.95. The molecule has 0 spiro atoms. The number of aryl methyl sites for hydroxylation is 2. The largest absolute Gasteiger partial charge is 0.255 e. The van der Waals surface area contributed by atoms with Crippen LogP contribution in [0.2, 0.25) is 0 Å². The quantitative estimate of drug-likeness (QED) is 0.669. The summed E-state index contributed by atoms with van der Waals surface area (Å²) in [5, 5.41) is 0. The van der Waals surface area contributed by atoms with Gasteiger partial charge in [0.2, 0.25) is 0 Å². The van der Waals surface area contributed by atoms with Crippen LogP contribution in [0.4, 0.5) is 0 Å². The molecule has 2 aromatic heterocycles. The first-order valence-electron chi connectivity index (χ1n) is 4.25. The Labute approximate surface area is 82.1 Å². The summed E-state index contributed by atoms with van der Waals surface area (Å²) in [6, 6.07) is 8.41. The molecule has 2 rings (SSSR count). The van der Waals surface area contributed by atoms with Crippen LogP contribution >= 0.6 is 11.3 Å². The minimum atomic E-state index is 1.07.